The fraction of sp³-hybridized carbons (Fsp3) is 0.312. The monoisotopic (exact) mass is 318 g/mol. The number of nitrogens with one attached hydrogen (secondary N) is 1. The van der Waals surface area contributed by atoms with Gasteiger partial charge in [0.2, 0.25) is 0 Å². The maximum Gasteiger partial charge on any atom is 0.321 e. The van der Waals surface area contributed by atoms with E-state index in [1.54, 1.807) is 7.05 Å². The van der Waals surface area contributed by atoms with Gasteiger partial charge >= 0.3 is 6.03 Å². The lowest BCUT2D eigenvalue weighted by atomic mass is 10.1. The summed E-state index contributed by atoms with van der Waals surface area (Å²) in [4.78, 5) is 13.9. The summed E-state index contributed by atoms with van der Waals surface area (Å²) in [7, 11) is -1.36. The van der Waals surface area contributed by atoms with Crippen molar-refractivity contribution in [3.05, 3.63) is 42.5 Å². The van der Waals surface area contributed by atoms with Gasteiger partial charge in [0, 0.05) is 18.5 Å². The highest BCUT2D eigenvalue weighted by molar-refractivity contribution is 7.91. The molecule has 0 radical (unpaired) electrons. The number of hydrogen-bond donors (Lipinski definition) is 1. The van der Waals surface area contributed by atoms with Crippen LogP contribution in [0.4, 0.5) is 10.5 Å². The first kappa shape index (κ1) is 14.8. The number of rotatable bonds is 2. The molecule has 0 aromatic heterocycles. The highest BCUT2D eigenvalue weighted by Crippen LogP contribution is 2.24. The lowest BCUT2D eigenvalue weighted by molar-refractivity contribution is 0.209. The van der Waals surface area contributed by atoms with Gasteiger partial charge in [-0.15, -0.1) is 0 Å². The van der Waals surface area contributed by atoms with E-state index in [0.717, 1.165) is 16.5 Å². The van der Waals surface area contributed by atoms with Gasteiger partial charge in [-0.25, -0.2) is 13.2 Å². The van der Waals surface area contributed by atoms with E-state index in [2.05, 4.69) is 5.32 Å². The van der Waals surface area contributed by atoms with Crippen LogP contribution in [-0.4, -0.2) is 43.9 Å². The Morgan fingerprint density at radius 2 is 1.91 bits per heavy atom. The van der Waals surface area contributed by atoms with Crippen LogP contribution < -0.4 is 5.32 Å². The summed E-state index contributed by atoms with van der Waals surface area (Å²) in [6.07, 6.45) is 0.502. The van der Waals surface area contributed by atoms with Crippen LogP contribution in [0.25, 0.3) is 10.8 Å². The Morgan fingerprint density at radius 3 is 2.64 bits per heavy atom. The Balaban J connectivity index is 1.79. The predicted molar refractivity (Wildman–Crippen MR) is 87.8 cm³/mol. The second-order valence-corrected chi connectivity index (χ2v) is 7.85. The van der Waals surface area contributed by atoms with E-state index in [4.69, 9.17) is 0 Å². The predicted octanol–water partition coefficient (Wildman–Crippen LogP) is 2.49. The largest absolute Gasteiger partial charge is 0.324 e. The SMILES string of the molecule is CN(C(=O)Nc1cccc2ccccc12)[C@@H]1CCS(=O)(=O)C1. The van der Waals surface area contributed by atoms with Gasteiger partial charge in [0.15, 0.2) is 9.84 Å². The first-order valence-electron chi connectivity index (χ1n) is 7.18. The van der Waals surface area contributed by atoms with E-state index < -0.39 is 9.84 Å². The number of urea groups is 1. The zero-order chi connectivity index (χ0) is 15.7. The second kappa shape index (κ2) is 5.61. The molecule has 1 saturated heterocycles. The minimum absolute atomic E-state index is 0.0481. The molecule has 0 bridgehead atoms. The molecular weight excluding hydrogens is 300 g/mol. The van der Waals surface area contributed by atoms with Crippen LogP contribution in [0.3, 0.4) is 0 Å². The molecule has 0 spiro atoms. The third-order valence-electron chi connectivity index (χ3n) is 4.11. The Bertz CT molecular complexity index is 812. The molecule has 0 saturated carbocycles. The topological polar surface area (TPSA) is 66.5 Å². The third kappa shape index (κ3) is 2.92. The Labute approximate surface area is 129 Å². The lowest BCUT2D eigenvalue weighted by Gasteiger charge is -2.24. The fourth-order valence-electron chi connectivity index (χ4n) is 2.78. The van der Waals surface area contributed by atoms with E-state index in [-0.39, 0.29) is 23.6 Å². The van der Waals surface area contributed by atoms with E-state index >= 15 is 0 Å². The molecule has 1 fully saturated rings. The van der Waals surface area contributed by atoms with E-state index in [0.29, 0.717) is 6.42 Å². The molecule has 6 heteroatoms. The van der Waals surface area contributed by atoms with Crippen molar-refractivity contribution in [1.29, 1.82) is 0 Å². The lowest BCUT2D eigenvalue weighted by Crippen LogP contribution is -2.40. The van der Waals surface area contributed by atoms with Crippen molar-refractivity contribution in [2.75, 3.05) is 23.9 Å². The number of carbonyl (C=O) groups excluding carboxylic acids is 1. The number of nitrogens with zero attached hydrogens (tertiary/aromatic N) is 1. The summed E-state index contributed by atoms with van der Waals surface area (Å²) in [5.74, 6) is 0.204. The van der Waals surface area contributed by atoms with E-state index in [1.807, 2.05) is 42.5 Å². The number of amides is 2. The number of sulfone groups is 1. The molecule has 0 aliphatic carbocycles. The van der Waals surface area contributed by atoms with Crippen molar-refractivity contribution in [1.82, 2.24) is 4.90 Å². The average molecular weight is 318 g/mol. The van der Waals surface area contributed by atoms with Gasteiger partial charge in [0.05, 0.1) is 17.2 Å². The van der Waals surface area contributed by atoms with Crippen molar-refractivity contribution in [3.63, 3.8) is 0 Å². The number of carbonyl (C=O) groups is 1. The maximum absolute atomic E-state index is 12.4. The second-order valence-electron chi connectivity index (χ2n) is 5.62. The molecule has 1 heterocycles. The molecule has 1 atom stereocenters. The molecule has 2 aromatic rings. The van der Waals surface area contributed by atoms with Crippen LogP contribution in [0.5, 0.6) is 0 Å². The van der Waals surface area contributed by atoms with Gasteiger partial charge in [0.1, 0.15) is 0 Å². The Morgan fingerprint density at radius 1 is 1.18 bits per heavy atom. The van der Waals surface area contributed by atoms with E-state index in [1.165, 1.54) is 4.90 Å². The number of benzene rings is 2. The van der Waals surface area contributed by atoms with Crippen molar-refractivity contribution in [3.8, 4) is 0 Å². The number of hydrogen-bond acceptors (Lipinski definition) is 3. The van der Waals surface area contributed by atoms with Crippen molar-refractivity contribution in [2.24, 2.45) is 0 Å². The van der Waals surface area contributed by atoms with E-state index in [9.17, 15) is 13.2 Å². The number of anilines is 1. The van der Waals surface area contributed by atoms with Crippen molar-refractivity contribution in [2.45, 2.75) is 12.5 Å². The summed E-state index contributed by atoms with van der Waals surface area (Å²) in [5, 5.41) is 4.89. The standard InChI is InChI=1S/C16H18N2O3S/c1-18(13-9-10-22(20,21)11-13)16(19)17-15-8-4-6-12-5-2-3-7-14(12)15/h2-8,13H,9-11H2,1H3,(H,17,19)/t13-/m1/s1. The highest BCUT2D eigenvalue weighted by atomic mass is 32.2. The molecule has 0 unspecified atom stereocenters. The normalized spacial score (nSPS) is 20.0. The highest BCUT2D eigenvalue weighted by Gasteiger charge is 2.32. The van der Waals surface area contributed by atoms with Crippen LogP contribution in [-0.2, 0) is 9.84 Å². The molecule has 1 aliphatic heterocycles. The Hall–Kier alpha value is -2.08. The zero-order valence-corrected chi connectivity index (χ0v) is 13.1. The number of fused-ring (bicyclic) bond motifs is 1. The van der Waals surface area contributed by atoms with Crippen LogP contribution in [0.1, 0.15) is 6.42 Å². The molecular formula is C16H18N2O3S. The van der Waals surface area contributed by atoms with Crippen LogP contribution in [0.15, 0.2) is 42.5 Å². The van der Waals surface area contributed by atoms with Gasteiger partial charge in [-0.1, -0.05) is 36.4 Å². The molecule has 2 aromatic carbocycles. The molecule has 2 amide bonds. The molecule has 22 heavy (non-hydrogen) atoms. The first-order valence-corrected chi connectivity index (χ1v) is 9.00. The van der Waals surface area contributed by atoms with Gasteiger partial charge < -0.3 is 10.2 Å². The molecule has 3 rings (SSSR count). The van der Waals surface area contributed by atoms with Gasteiger partial charge in [-0.3, -0.25) is 0 Å². The quantitative estimate of drug-likeness (QED) is 0.925. The summed E-state index contributed by atoms with van der Waals surface area (Å²) in [6.45, 7) is 0. The molecule has 116 valence electrons. The molecule has 1 N–H and O–H groups in total. The fourth-order valence-corrected chi connectivity index (χ4v) is 4.56. The van der Waals surface area contributed by atoms with Gasteiger partial charge in [-0.05, 0) is 17.9 Å². The zero-order valence-electron chi connectivity index (χ0n) is 12.3. The first-order chi connectivity index (χ1) is 10.5. The van der Waals surface area contributed by atoms with Crippen LogP contribution in [0.2, 0.25) is 0 Å². The average Bonchev–Trinajstić information content (AvgIpc) is 2.87. The minimum Gasteiger partial charge on any atom is -0.324 e. The maximum atomic E-state index is 12.4. The summed E-state index contributed by atoms with van der Waals surface area (Å²) < 4.78 is 23.1. The molecule has 5 nitrogen and oxygen atoms in total. The van der Waals surface area contributed by atoms with Crippen LogP contribution in [0, 0.1) is 0 Å². The van der Waals surface area contributed by atoms with Gasteiger partial charge in [0.25, 0.3) is 0 Å². The van der Waals surface area contributed by atoms with Crippen molar-refractivity contribution < 1.29 is 13.2 Å². The third-order valence-corrected chi connectivity index (χ3v) is 5.86. The Kier molecular flexibility index (Phi) is 3.78. The smallest absolute Gasteiger partial charge is 0.321 e. The molecule has 1 aliphatic rings. The summed E-state index contributed by atoms with van der Waals surface area (Å²) >= 11 is 0. The van der Waals surface area contributed by atoms with Crippen molar-refractivity contribution >= 4 is 32.3 Å². The van der Waals surface area contributed by atoms with Crippen LogP contribution >= 0.6 is 0 Å². The van der Waals surface area contributed by atoms with Gasteiger partial charge in [-0.2, -0.15) is 0 Å². The summed E-state index contributed by atoms with van der Waals surface area (Å²) in [6, 6.07) is 13.0. The summed E-state index contributed by atoms with van der Waals surface area (Å²) in [5.41, 5.74) is 0.732. The minimum atomic E-state index is -3.00.